The van der Waals surface area contributed by atoms with Gasteiger partial charge in [-0.15, -0.1) is 0 Å². The number of hydrogen-bond acceptors (Lipinski definition) is 3. The maximum absolute atomic E-state index is 3.44. The molecule has 4 nitrogen and oxygen atoms in total. The summed E-state index contributed by atoms with van der Waals surface area (Å²) in [5.41, 5.74) is 0. The van der Waals surface area contributed by atoms with Gasteiger partial charge in [-0.3, -0.25) is 10.3 Å². The van der Waals surface area contributed by atoms with Gasteiger partial charge in [0, 0.05) is 26.2 Å². The molecule has 0 aliphatic carbocycles. The zero-order valence-electron chi connectivity index (χ0n) is 3.67. The number of rotatable bonds is 0. The number of tetrazole rings is 1. The van der Waals surface area contributed by atoms with Crippen molar-refractivity contribution in [2.24, 2.45) is 0 Å². The van der Waals surface area contributed by atoms with Crippen molar-refractivity contribution in [3.63, 3.8) is 0 Å². The van der Waals surface area contributed by atoms with Crippen LogP contribution in [0.4, 0.5) is 0 Å². The second-order valence-corrected chi connectivity index (χ2v) is 0.926. The van der Waals surface area contributed by atoms with Gasteiger partial charge in [0.05, 0.1) is 0 Å². The Hall–Kier alpha value is -0.268. The van der Waals surface area contributed by atoms with Crippen LogP contribution in [0.1, 0.15) is 5.82 Å². The number of hydrogen-bond donors (Lipinski definition) is 0. The molecule has 1 radical (unpaired) electrons. The first kappa shape index (κ1) is 6.73. The maximum Gasteiger partial charge on any atom is 0.00677 e. The van der Waals surface area contributed by atoms with E-state index < -0.39 is 0 Å². The molecule has 0 unspecified atom stereocenters. The molecule has 1 aromatic rings. The Morgan fingerprint density at radius 2 is 2.29 bits per heavy atom. The summed E-state index contributed by atoms with van der Waals surface area (Å²) in [6, 6.07) is 0. The molecule has 0 saturated heterocycles. The molecule has 0 amide bonds. The standard InChI is InChI=1S/C2H3N4.Re/c1-2-3-5-6-4-2;/h1H3;/q-1;. The fraction of sp³-hybridized carbons (Fsp3) is 0.500. The molecule has 1 aromatic heterocycles. The molecule has 0 bridgehead atoms. The first-order chi connectivity index (χ1) is 2.89. The maximum atomic E-state index is 3.44. The van der Waals surface area contributed by atoms with Gasteiger partial charge in [0.25, 0.3) is 0 Å². The molecule has 0 aliphatic rings. The van der Waals surface area contributed by atoms with Crippen LogP contribution in [-0.4, -0.2) is 15.5 Å². The monoisotopic (exact) mass is 270 g/mol. The Kier molecular flexibility index (Phi) is 2.72. The number of nitrogens with zero attached hydrogens (tertiary/aromatic N) is 4. The Bertz CT molecular complexity index is 113. The summed E-state index contributed by atoms with van der Waals surface area (Å²) in [5, 5.41) is 13.3. The van der Waals surface area contributed by atoms with Gasteiger partial charge in [-0.1, -0.05) is 0 Å². The SMILES string of the molecule is Cc1nnn[n-]1.[Re]. The molecule has 7 heavy (non-hydrogen) atoms. The van der Waals surface area contributed by atoms with Crippen LogP contribution in [0.3, 0.4) is 0 Å². The minimum atomic E-state index is 0. The van der Waals surface area contributed by atoms with Crippen molar-refractivity contribution in [2.75, 3.05) is 0 Å². The van der Waals surface area contributed by atoms with E-state index in [-0.39, 0.29) is 20.4 Å². The van der Waals surface area contributed by atoms with Crippen molar-refractivity contribution in [1.82, 2.24) is 20.6 Å². The molecule has 1 heterocycles. The summed E-state index contributed by atoms with van der Waals surface area (Å²) < 4.78 is 0. The van der Waals surface area contributed by atoms with Gasteiger partial charge in [-0.2, -0.15) is 5.21 Å². The molecule has 0 saturated carbocycles. The minimum Gasteiger partial charge on any atom is -0.336 e. The quantitative estimate of drug-likeness (QED) is 0.615. The Morgan fingerprint density at radius 3 is 2.43 bits per heavy atom. The minimum absolute atomic E-state index is 0. The number of aryl methyl sites for hydroxylation is 1. The van der Waals surface area contributed by atoms with Crippen molar-refractivity contribution in [1.29, 1.82) is 0 Å². The first-order valence-corrected chi connectivity index (χ1v) is 1.55. The average Bonchev–Trinajstić information content (AvgIpc) is 1.86. The topological polar surface area (TPSA) is 52.8 Å². The Balaban J connectivity index is 0.000000360. The fourth-order valence-corrected chi connectivity index (χ4v) is 0.189. The van der Waals surface area contributed by atoms with E-state index in [4.69, 9.17) is 0 Å². The second-order valence-electron chi connectivity index (χ2n) is 0.926. The first-order valence-electron chi connectivity index (χ1n) is 1.55. The van der Waals surface area contributed by atoms with Crippen molar-refractivity contribution in [3.8, 4) is 0 Å². The largest absolute Gasteiger partial charge is 0.336 e. The van der Waals surface area contributed by atoms with Crippen molar-refractivity contribution in [3.05, 3.63) is 5.82 Å². The normalized spacial score (nSPS) is 7.57. The van der Waals surface area contributed by atoms with Crippen LogP contribution in [-0.2, 0) is 20.4 Å². The van der Waals surface area contributed by atoms with Crippen LogP contribution in [0.15, 0.2) is 0 Å². The van der Waals surface area contributed by atoms with Crippen LogP contribution in [0, 0.1) is 6.92 Å². The predicted molar refractivity (Wildman–Crippen MR) is 17.9 cm³/mol. The van der Waals surface area contributed by atoms with E-state index in [2.05, 4.69) is 20.6 Å². The number of aromatic nitrogens is 4. The molecule has 5 heteroatoms. The van der Waals surface area contributed by atoms with E-state index in [9.17, 15) is 0 Å². The third-order valence-corrected chi connectivity index (χ3v) is 0.419. The van der Waals surface area contributed by atoms with E-state index in [0.717, 1.165) is 0 Å². The van der Waals surface area contributed by atoms with Crippen molar-refractivity contribution >= 4 is 0 Å². The Labute approximate surface area is 54.3 Å². The van der Waals surface area contributed by atoms with E-state index in [1.165, 1.54) is 0 Å². The summed E-state index contributed by atoms with van der Waals surface area (Å²) in [4.78, 5) is 0. The van der Waals surface area contributed by atoms with Gasteiger partial charge in [0.15, 0.2) is 0 Å². The van der Waals surface area contributed by atoms with E-state index in [1.807, 2.05) is 0 Å². The van der Waals surface area contributed by atoms with Gasteiger partial charge >= 0.3 is 0 Å². The molecule has 0 spiro atoms. The van der Waals surface area contributed by atoms with E-state index >= 15 is 0 Å². The molecule has 0 aliphatic heterocycles. The summed E-state index contributed by atoms with van der Waals surface area (Å²) in [5.74, 6) is 0.620. The third kappa shape index (κ3) is 1.76. The van der Waals surface area contributed by atoms with Gasteiger partial charge < -0.3 is 5.10 Å². The molecule has 1 rings (SSSR count). The summed E-state index contributed by atoms with van der Waals surface area (Å²) in [6.07, 6.45) is 0. The third-order valence-electron chi connectivity index (χ3n) is 0.419. The molecule has 0 fully saturated rings. The summed E-state index contributed by atoms with van der Waals surface area (Å²) in [6.45, 7) is 1.74. The van der Waals surface area contributed by atoms with E-state index in [1.54, 1.807) is 6.92 Å². The summed E-state index contributed by atoms with van der Waals surface area (Å²) >= 11 is 0. The molecule has 0 aromatic carbocycles. The van der Waals surface area contributed by atoms with Crippen molar-refractivity contribution in [2.45, 2.75) is 6.92 Å². The molecular formula is C2H3N4Re-. The molecule has 0 atom stereocenters. The van der Waals surface area contributed by atoms with Crippen LogP contribution >= 0.6 is 0 Å². The molecule has 0 N–H and O–H groups in total. The van der Waals surface area contributed by atoms with Gasteiger partial charge in [0.1, 0.15) is 0 Å². The average molecular weight is 269 g/mol. The Morgan fingerprint density at radius 1 is 1.57 bits per heavy atom. The van der Waals surface area contributed by atoms with Crippen LogP contribution in [0.25, 0.3) is 0 Å². The van der Waals surface area contributed by atoms with Crippen LogP contribution in [0.5, 0.6) is 0 Å². The van der Waals surface area contributed by atoms with Crippen LogP contribution in [0.2, 0.25) is 0 Å². The zero-order valence-corrected chi connectivity index (χ0v) is 6.38. The smallest absolute Gasteiger partial charge is 0.00677 e. The fourth-order valence-electron chi connectivity index (χ4n) is 0.189. The summed E-state index contributed by atoms with van der Waals surface area (Å²) in [7, 11) is 0. The second kappa shape index (κ2) is 2.83. The van der Waals surface area contributed by atoms with Gasteiger partial charge in [-0.25, -0.2) is 0 Å². The molecular weight excluding hydrogens is 266 g/mol. The van der Waals surface area contributed by atoms with Gasteiger partial charge in [0.2, 0.25) is 0 Å². The zero-order chi connectivity index (χ0) is 4.41. The van der Waals surface area contributed by atoms with Gasteiger partial charge in [-0.05, 0) is 6.92 Å². The molecule has 39 valence electrons. The van der Waals surface area contributed by atoms with Crippen molar-refractivity contribution < 1.29 is 20.4 Å². The van der Waals surface area contributed by atoms with Crippen LogP contribution < -0.4 is 5.10 Å². The predicted octanol–water partition coefficient (Wildman–Crippen LogP) is -0.865. The van der Waals surface area contributed by atoms with E-state index in [0.29, 0.717) is 5.82 Å².